The monoisotopic (exact) mass is 358 g/mol. The van der Waals surface area contributed by atoms with Gasteiger partial charge < -0.3 is 19.5 Å². The molecular formula is C19H26N4OS. The summed E-state index contributed by atoms with van der Waals surface area (Å²) in [6.45, 7) is 4.68. The highest BCUT2D eigenvalue weighted by Gasteiger charge is 2.40. The number of pyridine rings is 1. The third kappa shape index (κ3) is 3.85. The van der Waals surface area contributed by atoms with Gasteiger partial charge in [-0.05, 0) is 42.9 Å². The molecule has 2 aromatic heterocycles. The summed E-state index contributed by atoms with van der Waals surface area (Å²) in [6, 6.07) is 10.5. The number of methoxy groups -OCH3 is 1. The molecule has 1 saturated heterocycles. The summed E-state index contributed by atoms with van der Waals surface area (Å²) >= 11 is 5.67. The van der Waals surface area contributed by atoms with Crippen LogP contribution < -0.4 is 5.32 Å². The molecule has 0 aliphatic carbocycles. The van der Waals surface area contributed by atoms with Gasteiger partial charge in [0.15, 0.2) is 5.11 Å². The normalized spacial score (nSPS) is 20.1. The molecule has 1 fully saturated rings. The van der Waals surface area contributed by atoms with Crippen LogP contribution in [0.3, 0.4) is 0 Å². The zero-order valence-electron chi connectivity index (χ0n) is 14.9. The molecular weight excluding hydrogens is 332 g/mol. The Labute approximate surface area is 155 Å². The maximum atomic E-state index is 5.67. The Morgan fingerprint density at radius 3 is 2.84 bits per heavy atom. The second-order valence-corrected chi connectivity index (χ2v) is 6.68. The molecule has 0 unspecified atom stereocenters. The van der Waals surface area contributed by atoms with Crippen LogP contribution in [0.1, 0.15) is 43.2 Å². The Morgan fingerprint density at radius 2 is 2.12 bits per heavy atom. The number of aromatic nitrogens is 2. The Morgan fingerprint density at radius 1 is 1.24 bits per heavy atom. The van der Waals surface area contributed by atoms with Crippen molar-refractivity contribution in [1.29, 1.82) is 0 Å². The standard InChI is InChI=1S/C19H26N4OS/c1-3-4-12-23-18(16-9-7-11-22(16)13-14-24-2)17(21-19(23)25)15-8-5-6-10-20-15/h5-11,17-18H,3-4,12-14H2,1-2H3,(H,21,25)/t17-,18+/m1/s1. The highest BCUT2D eigenvalue weighted by atomic mass is 32.1. The SMILES string of the molecule is CCCCN1C(=S)N[C@H](c2ccccn2)[C@@H]1c1cccn1CCOC. The first-order valence-electron chi connectivity index (χ1n) is 8.88. The number of hydrogen-bond donors (Lipinski definition) is 1. The van der Waals surface area contributed by atoms with Gasteiger partial charge in [-0.1, -0.05) is 19.4 Å². The predicted octanol–water partition coefficient (Wildman–Crippen LogP) is 3.30. The Bertz CT molecular complexity index is 688. The van der Waals surface area contributed by atoms with E-state index in [-0.39, 0.29) is 12.1 Å². The summed E-state index contributed by atoms with van der Waals surface area (Å²) in [7, 11) is 1.74. The molecule has 1 aliphatic heterocycles. The van der Waals surface area contributed by atoms with Crippen molar-refractivity contribution in [2.75, 3.05) is 20.3 Å². The van der Waals surface area contributed by atoms with Gasteiger partial charge in [-0.25, -0.2) is 0 Å². The van der Waals surface area contributed by atoms with Gasteiger partial charge in [0.25, 0.3) is 0 Å². The molecule has 134 valence electrons. The van der Waals surface area contributed by atoms with Crippen LogP contribution in [0.2, 0.25) is 0 Å². The number of hydrogen-bond acceptors (Lipinski definition) is 3. The van der Waals surface area contributed by atoms with Crippen LogP contribution in [0.25, 0.3) is 0 Å². The van der Waals surface area contributed by atoms with E-state index in [1.54, 1.807) is 7.11 Å². The number of thiocarbonyl (C=S) groups is 1. The molecule has 2 atom stereocenters. The van der Waals surface area contributed by atoms with Gasteiger partial charge in [-0.2, -0.15) is 0 Å². The lowest BCUT2D eigenvalue weighted by Gasteiger charge is -2.28. The van der Waals surface area contributed by atoms with Crippen LogP contribution in [0, 0.1) is 0 Å². The molecule has 0 radical (unpaired) electrons. The molecule has 0 amide bonds. The summed E-state index contributed by atoms with van der Waals surface area (Å²) in [6.07, 6.45) is 6.22. The van der Waals surface area contributed by atoms with Crippen molar-refractivity contribution in [1.82, 2.24) is 19.8 Å². The first-order valence-corrected chi connectivity index (χ1v) is 9.29. The third-order valence-corrected chi connectivity index (χ3v) is 5.01. The average Bonchev–Trinajstić information content (AvgIpc) is 3.22. The maximum absolute atomic E-state index is 5.67. The largest absolute Gasteiger partial charge is 0.383 e. The molecule has 0 spiro atoms. The van der Waals surface area contributed by atoms with E-state index in [0.717, 1.165) is 36.7 Å². The molecule has 6 heteroatoms. The van der Waals surface area contributed by atoms with Gasteiger partial charge in [0.1, 0.15) is 0 Å². The quantitative estimate of drug-likeness (QED) is 0.734. The minimum Gasteiger partial charge on any atom is -0.383 e. The second kappa shape index (κ2) is 8.45. The summed E-state index contributed by atoms with van der Waals surface area (Å²) in [5, 5.41) is 4.31. The van der Waals surface area contributed by atoms with Crippen LogP contribution in [-0.2, 0) is 11.3 Å². The third-order valence-electron chi connectivity index (χ3n) is 4.65. The van der Waals surface area contributed by atoms with Crippen LogP contribution in [0.15, 0.2) is 42.7 Å². The van der Waals surface area contributed by atoms with Gasteiger partial charge >= 0.3 is 0 Å². The zero-order valence-corrected chi connectivity index (χ0v) is 15.7. The summed E-state index contributed by atoms with van der Waals surface area (Å²) < 4.78 is 7.53. The van der Waals surface area contributed by atoms with Crippen molar-refractivity contribution in [3.05, 3.63) is 54.1 Å². The van der Waals surface area contributed by atoms with Gasteiger partial charge in [0.05, 0.1) is 24.4 Å². The number of nitrogens with one attached hydrogen (secondary N) is 1. The fourth-order valence-electron chi connectivity index (χ4n) is 3.39. The van der Waals surface area contributed by atoms with Gasteiger partial charge in [0.2, 0.25) is 0 Å². The average molecular weight is 359 g/mol. The molecule has 1 N–H and O–H groups in total. The Balaban J connectivity index is 1.96. The smallest absolute Gasteiger partial charge is 0.170 e. The number of rotatable bonds is 8. The van der Waals surface area contributed by atoms with E-state index in [1.807, 2.05) is 18.3 Å². The molecule has 0 aromatic carbocycles. The molecule has 2 aromatic rings. The fraction of sp³-hybridized carbons (Fsp3) is 0.474. The fourth-order valence-corrected chi connectivity index (χ4v) is 3.72. The topological polar surface area (TPSA) is 42.3 Å². The lowest BCUT2D eigenvalue weighted by molar-refractivity contribution is 0.184. The van der Waals surface area contributed by atoms with Crippen LogP contribution in [0.5, 0.6) is 0 Å². The van der Waals surface area contributed by atoms with E-state index >= 15 is 0 Å². The van der Waals surface area contributed by atoms with E-state index in [9.17, 15) is 0 Å². The van der Waals surface area contributed by atoms with Crippen LogP contribution in [-0.4, -0.2) is 39.8 Å². The number of nitrogens with zero attached hydrogens (tertiary/aromatic N) is 3. The minimum atomic E-state index is 0.0572. The van der Waals surface area contributed by atoms with Crippen LogP contribution in [0.4, 0.5) is 0 Å². The first-order chi connectivity index (χ1) is 12.3. The minimum absolute atomic E-state index is 0.0572. The van der Waals surface area contributed by atoms with Crippen molar-refractivity contribution >= 4 is 17.3 Å². The highest BCUT2D eigenvalue weighted by molar-refractivity contribution is 7.80. The molecule has 1 aliphatic rings. The van der Waals surface area contributed by atoms with E-state index in [4.69, 9.17) is 17.0 Å². The Kier molecular flexibility index (Phi) is 6.04. The van der Waals surface area contributed by atoms with Crippen molar-refractivity contribution in [3.8, 4) is 0 Å². The van der Waals surface area contributed by atoms with E-state index in [1.165, 1.54) is 5.69 Å². The molecule has 25 heavy (non-hydrogen) atoms. The highest BCUT2D eigenvalue weighted by Crippen LogP contribution is 2.38. The lowest BCUT2D eigenvalue weighted by Crippen LogP contribution is -2.31. The van der Waals surface area contributed by atoms with Gasteiger partial charge in [0, 0.05) is 38.3 Å². The summed E-state index contributed by atoms with van der Waals surface area (Å²) in [5.41, 5.74) is 2.27. The van der Waals surface area contributed by atoms with E-state index < -0.39 is 0 Å². The van der Waals surface area contributed by atoms with Crippen molar-refractivity contribution in [3.63, 3.8) is 0 Å². The molecule has 3 heterocycles. The summed E-state index contributed by atoms with van der Waals surface area (Å²) in [5.74, 6) is 0. The Hall–Kier alpha value is -1.92. The maximum Gasteiger partial charge on any atom is 0.170 e. The molecule has 0 saturated carbocycles. The van der Waals surface area contributed by atoms with Crippen molar-refractivity contribution in [2.24, 2.45) is 0 Å². The second-order valence-electron chi connectivity index (χ2n) is 6.29. The number of ether oxygens (including phenoxy) is 1. The lowest BCUT2D eigenvalue weighted by atomic mass is 10.0. The first kappa shape index (κ1) is 17.9. The van der Waals surface area contributed by atoms with Gasteiger partial charge in [-0.15, -0.1) is 0 Å². The molecule has 3 rings (SSSR count). The van der Waals surface area contributed by atoms with Crippen LogP contribution >= 0.6 is 12.2 Å². The van der Waals surface area contributed by atoms with Crippen molar-refractivity contribution in [2.45, 2.75) is 38.4 Å². The predicted molar refractivity (Wildman–Crippen MR) is 103 cm³/mol. The number of unbranched alkanes of at least 4 members (excludes halogenated alkanes) is 1. The van der Waals surface area contributed by atoms with Crippen molar-refractivity contribution < 1.29 is 4.74 Å². The van der Waals surface area contributed by atoms with E-state index in [2.05, 4.69) is 51.1 Å². The molecule has 0 bridgehead atoms. The van der Waals surface area contributed by atoms with E-state index in [0.29, 0.717) is 6.61 Å². The molecule has 5 nitrogen and oxygen atoms in total. The summed E-state index contributed by atoms with van der Waals surface area (Å²) in [4.78, 5) is 6.90. The van der Waals surface area contributed by atoms with Gasteiger partial charge in [-0.3, -0.25) is 4.98 Å². The zero-order chi connectivity index (χ0) is 17.6.